The van der Waals surface area contributed by atoms with Crippen LogP contribution in [0.3, 0.4) is 0 Å². The lowest BCUT2D eigenvalue weighted by molar-refractivity contribution is 0.0781. The molecule has 30 heavy (non-hydrogen) atoms. The molecule has 2 N–H and O–H groups in total. The molecule has 6 heteroatoms. The molecule has 0 fully saturated rings. The highest BCUT2D eigenvalue weighted by molar-refractivity contribution is 6.81. The van der Waals surface area contributed by atoms with E-state index in [1.54, 1.807) is 0 Å². The van der Waals surface area contributed by atoms with Crippen molar-refractivity contribution in [2.75, 3.05) is 0 Å². The zero-order valence-electron chi connectivity index (χ0n) is 20.9. The number of azide groups is 1. The number of aliphatic hydroxyl groups excluding tert-OH is 2. The molecule has 0 rings (SSSR count). The van der Waals surface area contributed by atoms with Gasteiger partial charge in [-0.25, -0.2) is 0 Å². The van der Waals surface area contributed by atoms with E-state index in [1.807, 2.05) is 0 Å². The maximum atomic E-state index is 10.9. The van der Waals surface area contributed by atoms with Gasteiger partial charge < -0.3 is 10.2 Å². The SMILES string of the molecule is CCCCCCCCCCCCCCC[C@@H](O)[C@H](N=[N+]=[N-])C(O)[Si](C)(C)C(C)(C)C. The van der Waals surface area contributed by atoms with Crippen molar-refractivity contribution < 1.29 is 10.2 Å². The van der Waals surface area contributed by atoms with Crippen LogP contribution in [0.4, 0.5) is 0 Å². The molecular formula is C24H51N3O2Si. The fraction of sp³-hybridized carbons (Fsp3) is 1.00. The van der Waals surface area contributed by atoms with Crippen molar-refractivity contribution in [2.45, 2.75) is 154 Å². The van der Waals surface area contributed by atoms with Crippen molar-refractivity contribution in [3.8, 4) is 0 Å². The molecule has 0 saturated heterocycles. The van der Waals surface area contributed by atoms with E-state index in [4.69, 9.17) is 5.53 Å². The second-order valence-electron chi connectivity index (χ2n) is 10.7. The Bertz CT molecular complexity index is 474. The summed E-state index contributed by atoms with van der Waals surface area (Å²) < 4.78 is 0. The van der Waals surface area contributed by atoms with E-state index in [-0.39, 0.29) is 5.04 Å². The number of nitrogens with zero attached hydrogens (tertiary/aromatic N) is 3. The third-order valence-corrected chi connectivity index (χ3v) is 12.9. The molecular weight excluding hydrogens is 390 g/mol. The van der Waals surface area contributed by atoms with Gasteiger partial charge in [0, 0.05) is 4.91 Å². The van der Waals surface area contributed by atoms with Crippen molar-refractivity contribution in [2.24, 2.45) is 5.11 Å². The summed E-state index contributed by atoms with van der Waals surface area (Å²) in [4.78, 5) is 2.91. The van der Waals surface area contributed by atoms with Gasteiger partial charge in [0.25, 0.3) is 0 Å². The molecule has 0 bridgehead atoms. The Labute approximate surface area is 187 Å². The van der Waals surface area contributed by atoms with Gasteiger partial charge in [0.2, 0.25) is 0 Å². The lowest BCUT2D eigenvalue weighted by atomic mass is 10.0. The maximum absolute atomic E-state index is 10.9. The Morgan fingerprint density at radius 1 is 0.800 bits per heavy atom. The average molecular weight is 442 g/mol. The molecule has 3 atom stereocenters. The van der Waals surface area contributed by atoms with E-state index in [0.29, 0.717) is 6.42 Å². The number of aliphatic hydroxyl groups is 2. The minimum atomic E-state index is -2.13. The van der Waals surface area contributed by atoms with E-state index in [0.717, 1.165) is 12.8 Å². The van der Waals surface area contributed by atoms with Gasteiger partial charge in [0.1, 0.15) is 0 Å². The van der Waals surface area contributed by atoms with Crippen LogP contribution in [0.1, 0.15) is 118 Å². The van der Waals surface area contributed by atoms with E-state index < -0.39 is 25.9 Å². The van der Waals surface area contributed by atoms with Crippen LogP contribution in [0.2, 0.25) is 18.1 Å². The fourth-order valence-electron chi connectivity index (χ4n) is 3.82. The summed E-state index contributed by atoms with van der Waals surface area (Å²) in [5, 5.41) is 25.3. The van der Waals surface area contributed by atoms with Crippen LogP contribution in [0.5, 0.6) is 0 Å². The van der Waals surface area contributed by atoms with E-state index in [1.165, 1.54) is 70.6 Å². The minimum Gasteiger partial charge on any atom is -0.396 e. The number of unbranched alkanes of at least 4 members (excludes halogenated alkanes) is 12. The van der Waals surface area contributed by atoms with Gasteiger partial charge in [-0.15, -0.1) is 0 Å². The summed E-state index contributed by atoms with van der Waals surface area (Å²) in [5.41, 5.74) is 8.19. The second-order valence-corrected chi connectivity index (χ2v) is 16.2. The molecule has 178 valence electrons. The van der Waals surface area contributed by atoms with Gasteiger partial charge in [-0.2, -0.15) is 0 Å². The van der Waals surface area contributed by atoms with Crippen molar-refractivity contribution >= 4 is 8.07 Å². The van der Waals surface area contributed by atoms with E-state index in [9.17, 15) is 10.2 Å². The van der Waals surface area contributed by atoms with Crippen LogP contribution in [-0.4, -0.2) is 36.2 Å². The van der Waals surface area contributed by atoms with Gasteiger partial charge in [0.05, 0.1) is 25.9 Å². The van der Waals surface area contributed by atoms with Gasteiger partial charge in [-0.05, 0) is 17.0 Å². The third kappa shape index (κ3) is 11.7. The molecule has 0 aromatic carbocycles. The zero-order chi connectivity index (χ0) is 23.0. The Morgan fingerprint density at radius 2 is 1.20 bits per heavy atom. The number of hydrogen-bond donors (Lipinski definition) is 2. The summed E-state index contributed by atoms with van der Waals surface area (Å²) in [6, 6.07) is -0.742. The number of rotatable bonds is 18. The average Bonchev–Trinajstić information content (AvgIpc) is 2.68. The summed E-state index contributed by atoms with van der Waals surface area (Å²) in [6.45, 7) is 12.8. The zero-order valence-corrected chi connectivity index (χ0v) is 21.9. The molecule has 0 spiro atoms. The van der Waals surface area contributed by atoms with Crippen LogP contribution in [0.25, 0.3) is 10.4 Å². The first-order valence-electron chi connectivity index (χ1n) is 12.5. The summed E-state index contributed by atoms with van der Waals surface area (Å²) in [6.07, 6.45) is 16.6. The molecule has 0 aliphatic carbocycles. The second kappa shape index (κ2) is 16.1. The van der Waals surface area contributed by atoms with Crippen LogP contribution < -0.4 is 0 Å². The molecule has 5 nitrogen and oxygen atoms in total. The normalized spacial score (nSPS) is 15.5. The summed E-state index contributed by atoms with van der Waals surface area (Å²) in [5.74, 6) is 0. The quantitative estimate of drug-likeness (QED) is 0.0743. The molecule has 0 aliphatic heterocycles. The van der Waals surface area contributed by atoms with Gasteiger partial charge in [-0.1, -0.05) is 129 Å². The minimum absolute atomic E-state index is 0.0368. The smallest absolute Gasteiger partial charge is 0.0871 e. The predicted octanol–water partition coefficient (Wildman–Crippen LogP) is 7.92. The van der Waals surface area contributed by atoms with Gasteiger partial charge >= 0.3 is 0 Å². The van der Waals surface area contributed by atoms with Crippen molar-refractivity contribution in [3.63, 3.8) is 0 Å². The van der Waals surface area contributed by atoms with Crippen LogP contribution in [0.15, 0.2) is 5.11 Å². The molecule has 0 aromatic rings. The largest absolute Gasteiger partial charge is 0.396 e. The lowest BCUT2D eigenvalue weighted by Gasteiger charge is -2.43. The molecule has 0 aromatic heterocycles. The molecule has 0 aliphatic rings. The lowest BCUT2D eigenvalue weighted by Crippen LogP contribution is -2.56. The predicted molar refractivity (Wildman–Crippen MR) is 132 cm³/mol. The highest BCUT2D eigenvalue weighted by Gasteiger charge is 2.46. The molecule has 1 unspecified atom stereocenters. The monoisotopic (exact) mass is 441 g/mol. The molecule has 0 radical (unpaired) electrons. The van der Waals surface area contributed by atoms with Crippen molar-refractivity contribution in [1.29, 1.82) is 0 Å². The van der Waals surface area contributed by atoms with Crippen molar-refractivity contribution in [1.82, 2.24) is 0 Å². The Morgan fingerprint density at radius 3 is 1.57 bits per heavy atom. The number of hydrogen-bond acceptors (Lipinski definition) is 3. The fourth-order valence-corrected chi connectivity index (χ4v) is 5.85. The van der Waals surface area contributed by atoms with Gasteiger partial charge in [-0.3, -0.25) is 0 Å². The van der Waals surface area contributed by atoms with Crippen LogP contribution in [-0.2, 0) is 0 Å². The molecule has 0 saturated carbocycles. The highest BCUT2D eigenvalue weighted by atomic mass is 28.3. The van der Waals surface area contributed by atoms with Crippen molar-refractivity contribution in [3.05, 3.63) is 10.4 Å². The maximum Gasteiger partial charge on any atom is 0.0871 e. The van der Waals surface area contributed by atoms with E-state index in [2.05, 4.69) is 50.8 Å². The Balaban J connectivity index is 4.04. The van der Waals surface area contributed by atoms with Crippen LogP contribution in [0, 0.1) is 0 Å². The first-order valence-corrected chi connectivity index (χ1v) is 15.6. The highest BCUT2D eigenvalue weighted by Crippen LogP contribution is 2.40. The summed E-state index contributed by atoms with van der Waals surface area (Å²) in [7, 11) is -2.13. The standard InChI is InChI=1S/C24H51N3O2Si/c1-7-8-9-10-11-12-13-14-15-16-17-18-19-20-21(28)22(26-27-25)23(29)30(5,6)24(2,3)4/h21-23,28-29H,7-20H2,1-6H3/t21-,22+,23?/m1/s1. The Kier molecular flexibility index (Phi) is 15.8. The van der Waals surface area contributed by atoms with E-state index >= 15 is 0 Å². The van der Waals surface area contributed by atoms with Crippen LogP contribution >= 0.6 is 0 Å². The molecule has 0 amide bonds. The first kappa shape index (κ1) is 29.4. The topological polar surface area (TPSA) is 89.2 Å². The van der Waals surface area contributed by atoms with Gasteiger partial charge in [0.15, 0.2) is 0 Å². The summed E-state index contributed by atoms with van der Waals surface area (Å²) >= 11 is 0. The Hall–Kier alpha value is -0.553. The first-order chi connectivity index (χ1) is 14.1. The molecule has 0 heterocycles. The third-order valence-electron chi connectivity index (χ3n) is 7.18.